The van der Waals surface area contributed by atoms with E-state index in [0.717, 1.165) is 19.3 Å². The summed E-state index contributed by atoms with van der Waals surface area (Å²) in [5.41, 5.74) is 0. The van der Waals surface area contributed by atoms with E-state index in [1.807, 2.05) is 13.8 Å². The van der Waals surface area contributed by atoms with Crippen LogP contribution >= 0.6 is 11.8 Å². The summed E-state index contributed by atoms with van der Waals surface area (Å²) in [5, 5.41) is 0.00570. The maximum Gasteiger partial charge on any atom is 0.192 e. The van der Waals surface area contributed by atoms with E-state index in [2.05, 4.69) is 6.92 Å². The molecule has 0 aromatic heterocycles. The normalized spacial score (nSPS) is 12.9. The highest BCUT2D eigenvalue weighted by atomic mass is 32.2. The number of hydrogen-bond acceptors (Lipinski definition) is 3. The van der Waals surface area contributed by atoms with Crippen LogP contribution in [0.2, 0.25) is 0 Å². The SMILES string of the molecule is CCCCC(SC(=O)C(C)C)C(C)=O. The van der Waals surface area contributed by atoms with Crippen LogP contribution in [0.15, 0.2) is 0 Å². The lowest BCUT2D eigenvalue weighted by Gasteiger charge is -2.12. The van der Waals surface area contributed by atoms with Crippen LogP contribution in [0.3, 0.4) is 0 Å². The van der Waals surface area contributed by atoms with Gasteiger partial charge in [0, 0.05) is 5.92 Å². The number of hydrogen-bond donors (Lipinski definition) is 0. The summed E-state index contributed by atoms with van der Waals surface area (Å²) in [6.07, 6.45) is 2.91. The van der Waals surface area contributed by atoms with Crippen molar-refractivity contribution in [3.8, 4) is 0 Å². The first-order valence-corrected chi connectivity index (χ1v) is 6.08. The van der Waals surface area contributed by atoms with Crippen LogP contribution in [0.5, 0.6) is 0 Å². The van der Waals surface area contributed by atoms with E-state index in [1.165, 1.54) is 11.8 Å². The second kappa shape index (κ2) is 7.04. The van der Waals surface area contributed by atoms with Gasteiger partial charge in [0.05, 0.1) is 5.25 Å². The lowest BCUT2D eigenvalue weighted by molar-refractivity contribution is -0.117. The van der Waals surface area contributed by atoms with Gasteiger partial charge in [-0.2, -0.15) is 0 Å². The Balaban J connectivity index is 4.09. The average Bonchev–Trinajstić information content (AvgIpc) is 2.10. The Kier molecular flexibility index (Phi) is 6.89. The second-order valence-corrected chi connectivity index (χ2v) is 5.04. The van der Waals surface area contributed by atoms with Gasteiger partial charge in [0.25, 0.3) is 0 Å². The number of carbonyl (C=O) groups excluding carboxylic acids is 2. The molecule has 1 unspecified atom stereocenters. The van der Waals surface area contributed by atoms with Gasteiger partial charge in [-0.1, -0.05) is 45.4 Å². The molecule has 0 aromatic rings. The minimum absolute atomic E-state index is 0.0171. The topological polar surface area (TPSA) is 34.1 Å². The van der Waals surface area contributed by atoms with Crippen LogP contribution in [0.25, 0.3) is 0 Å². The molecule has 0 saturated carbocycles. The van der Waals surface area contributed by atoms with Gasteiger partial charge in [0.15, 0.2) is 5.12 Å². The van der Waals surface area contributed by atoms with E-state index in [4.69, 9.17) is 0 Å². The molecule has 82 valence electrons. The molecule has 0 aromatic carbocycles. The predicted octanol–water partition coefficient (Wildman–Crippen LogP) is 3.05. The van der Waals surface area contributed by atoms with Gasteiger partial charge in [0.2, 0.25) is 0 Å². The molecule has 0 N–H and O–H groups in total. The molecule has 3 heteroatoms. The highest BCUT2D eigenvalue weighted by molar-refractivity contribution is 8.14. The van der Waals surface area contributed by atoms with E-state index < -0.39 is 0 Å². The predicted molar refractivity (Wildman–Crippen MR) is 61.4 cm³/mol. The molecule has 0 aliphatic carbocycles. The number of ketones is 1. The number of unbranched alkanes of at least 4 members (excludes halogenated alkanes) is 1. The van der Waals surface area contributed by atoms with Crippen molar-refractivity contribution in [1.82, 2.24) is 0 Å². The first kappa shape index (κ1) is 13.7. The molecule has 2 nitrogen and oxygen atoms in total. The minimum Gasteiger partial charge on any atom is -0.299 e. The maximum atomic E-state index is 11.4. The van der Waals surface area contributed by atoms with Crippen molar-refractivity contribution >= 4 is 22.7 Å². The lowest BCUT2D eigenvalue weighted by Crippen LogP contribution is -2.18. The molecule has 0 bridgehead atoms. The van der Waals surface area contributed by atoms with Crippen LogP contribution in [0, 0.1) is 5.92 Å². The maximum absolute atomic E-state index is 11.4. The third kappa shape index (κ3) is 5.43. The minimum atomic E-state index is -0.121. The van der Waals surface area contributed by atoms with Gasteiger partial charge in [-0.05, 0) is 13.3 Å². The molecule has 0 saturated heterocycles. The number of rotatable bonds is 6. The Labute approximate surface area is 90.8 Å². The van der Waals surface area contributed by atoms with E-state index in [9.17, 15) is 9.59 Å². The van der Waals surface area contributed by atoms with E-state index in [0.29, 0.717) is 0 Å². The Morgan fingerprint density at radius 2 is 1.86 bits per heavy atom. The van der Waals surface area contributed by atoms with Crippen LogP contribution in [-0.2, 0) is 9.59 Å². The molecular weight excluding hydrogens is 196 g/mol. The summed E-state index contributed by atoms with van der Waals surface area (Å²) in [7, 11) is 0. The van der Waals surface area contributed by atoms with Gasteiger partial charge in [0.1, 0.15) is 5.78 Å². The molecule has 0 aliphatic rings. The molecule has 0 radical (unpaired) electrons. The summed E-state index contributed by atoms with van der Waals surface area (Å²) in [6.45, 7) is 7.39. The average molecular weight is 216 g/mol. The first-order valence-electron chi connectivity index (χ1n) is 5.20. The number of carbonyl (C=O) groups is 2. The Hall–Kier alpha value is -0.310. The third-order valence-corrected chi connectivity index (χ3v) is 3.56. The van der Waals surface area contributed by atoms with E-state index in [1.54, 1.807) is 6.92 Å². The molecule has 14 heavy (non-hydrogen) atoms. The van der Waals surface area contributed by atoms with Gasteiger partial charge < -0.3 is 0 Å². The molecule has 0 heterocycles. The van der Waals surface area contributed by atoms with Crippen LogP contribution < -0.4 is 0 Å². The Bertz CT molecular complexity index is 199. The Morgan fingerprint density at radius 1 is 1.29 bits per heavy atom. The van der Waals surface area contributed by atoms with Crippen LogP contribution in [-0.4, -0.2) is 16.1 Å². The molecular formula is C11H20O2S. The van der Waals surface area contributed by atoms with Crippen molar-refractivity contribution in [2.45, 2.75) is 52.2 Å². The quantitative estimate of drug-likeness (QED) is 0.684. The molecule has 0 spiro atoms. The highest BCUT2D eigenvalue weighted by Crippen LogP contribution is 2.22. The van der Waals surface area contributed by atoms with Gasteiger partial charge in [-0.25, -0.2) is 0 Å². The highest BCUT2D eigenvalue weighted by Gasteiger charge is 2.20. The summed E-state index contributed by atoms with van der Waals surface area (Å²) in [6, 6.07) is 0. The smallest absolute Gasteiger partial charge is 0.192 e. The fourth-order valence-corrected chi connectivity index (χ4v) is 2.01. The zero-order valence-electron chi connectivity index (χ0n) is 9.50. The monoisotopic (exact) mass is 216 g/mol. The summed E-state index contributed by atoms with van der Waals surface area (Å²) in [4.78, 5) is 22.7. The molecule has 0 aliphatic heterocycles. The molecule has 0 rings (SSSR count). The summed E-state index contributed by atoms with van der Waals surface area (Å²) in [5.74, 6) is 0.140. The zero-order valence-corrected chi connectivity index (χ0v) is 10.3. The van der Waals surface area contributed by atoms with E-state index in [-0.39, 0.29) is 22.1 Å². The summed E-state index contributed by atoms with van der Waals surface area (Å²) < 4.78 is 0. The van der Waals surface area contributed by atoms with Crippen molar-refractivity contribution in [3.05, 3.63) is 0 Å². The molecule has 1 atom stereocenters. The molecule has 0 amide bonds. The van der Waals surface area contributed by atoms with Crippen LogP contribution in [0.4, 0.5) is 0 Å². The standard InChI is InChI=1S/C11H20O2S/c1-5-6-7-10(9(4)12)14-11(13)8(2)3/h8,10H,5-7H2,1-4H3. The number of thioether (sulfide) groups is 1. The van der Waals surface area contributed by atoms with Gasteiger partial charge >= 0.3 is 0 Å². The van der Waals surface area contributed by atoms with Crippen molar-refractivity contribution in [2.75, 3.05) is 0 Å². The largest absolute Gasteiger partial charge is 0.299 e. The fourth-order valence-electron chi connectivity index (χ4n) is 1.01. The molecule has 0 fully saturated rings. The third-order valence-electron chi connectivity index (χ3n) is 2.00. The fraction of sp³-hybridized carbons (Fsp3) is 0.818. The van der Waals surface area contributed by atoms with Crippen LogP contribution in [0.1, 0.15) is 47.0 Å². The van der Waals surface area contributed by atoms with Crippen molar-refractivity contribution in [1.29, 1.82) is 0 Å². The Morgan fingerprint density at radius 3 is 2.21 bits per heavy atom. The van der Waals surface area contributed by atoms with Crippen molar-refractivity contribution in [3.63, 3.8) is 0 Å². The number of Topliss-reactive ketones (excluding diaryl/α,β-unsaturated/α-hetero) is 1. The second-order valence-electron chi connectivity index (χ2n) is 3.83. The zero-order chi connectivity index (χ0) is 11.1. The van der Waals surface area contributed by atoms with Gasteiger partial charge in [-0.3, -0.25) is 9.59 Å². The van der Waals surface area contributed by atoms with Crippen molar-refractivity contribution in [2.24, 2.45) is 5.92 Å². The van der Waals surface area contributed by atoms with Crippen molar-refractivity contribution < 1.29 is 9.59 Å². The van der Waals surface area contributed by atoms with E-state index >= 15 is 0 Å². The first-order chi connectivity index (χ1) is 6.49. The van der Waals surface area contributed by atoms with Gasteiger partial charge in [-0.15, -0.1) is 0 Å². The lowest BCUT2D eigenvalue weighted by atomic mass is 10.1. The summed E-state index contributed by atoms with van der Waals surface area (Å²) >= 11 is 1.21.